The molecule has 0 saturated carbocycles. The third-order valence-electron chi connectivity index (χ3n) is 4.79. The molecule has 3 amide bonds. The lowest BCUT2D eigenvalue weighted by Gasteiger charge is -2.34. The van der Waals surface area contributed by atoms with Crippen molar-refractivity contribution >= 4 is 35.1 Å². The van der Waals surface area contributed by atoms with Crippen molar-refractivity contribution < 1.29 is 18.9 Å². The molecule has 2 N–H and O–H groups in total. The number of carbonyl (C=O) groups is 3. The Kier molecular flexibility index (Phi) is 9.46. The van der Waals surface area contributed by atoms with E-state index in [1.165, 1.54) is 4.90 Å². The van der Waals surface area contributed by atoms with Gasteiger partial charge in [-0.2, -0.15) is 0 Å². The summed E-state index contributed by atoms with van der Waals surface area (Å²) in [4.78, 5) is 40.5. The Bertz CT molecular complexity index is 967. The van der Waals surface area contributed by atoms with Gasteiger partial charge in [0.15, 0.2) is 5.82 Å². The number of hydrogen-bond donors (Lipinski definition) is 2. The summed E-state index contributed by atoms with van der Waals surface area (Å²) in [6.45, 7) is 9.73. The van der Waals surface area contributed by atoms with Crippen molar-refractivity contribution in [3.8, 4) is 0 Å². The number of hydrogen-bond acceptors (Lipinski definition) is 5. The molecule has 0 saturated heterocycles. The van der Waals surface area contributed by atoms with Gasteiger partial charge in [-0.3, -0.25) is 14.4 Å². The monoisotopic (exact) mass is 476 g/mol. The highest BCUT2D eigenvalue weighted by atomic mass is 35.5. The van der Waals surface area contributed by atoms with Crippen LogP contribution in [0.25, 0.3) is 0 Å². The zero-order valence-electron chi connectivity index (χ0n) is 19.9. The van der Waals surface area contributed by atoms with E-state index >= 15 is 0 Å². The Morgan fingerprint density at radius 1 is 1.18 bits per heavy atom. The summed E-state index contributed by atoms with van der Waals surface area (Å²) in [6.07, 6.45) is 1.44. The molecule has 0 aliphatic heterocycles. The maximum atomic E-state index is 13.3. The molecule has 1 aromatic carbocycles. The fraction of sp³-hybridized carbons (Fsp3) is 0.500. The van der Waals surface area contributed by atoms with Crippen LogP contribution in [0.3, 0.4) is 0 Å². The van der Waals surface area contributed by atoms with Crippen LogP contribution in [-0.2, 0) is 14.4 Å². The highest BCUT2D eigenvalue weighted by Gasteiger charge is 2.34. The van der Waals surface area contributed by atoms with E-state index in [0.717, 1.165) is 6.42 Å². The van der Waals surface area contributed by atoms with Gasteiger partial charge >= 0.3 is 0 Å². The van der Waals surface area contributed by atoms with Gasteiger partial charge in [0.05, 0.1) is 0 Å². The zero-order valence-corrected chi connectivity index (χ0v) is 20.7. The van der Waals surface area contributed by atoms with Gasteiger partial charge in [-0.15, -0.1) is 0 Å². The van der Waals surface area contributed by atoms with Gasteiger partial charge in [-0.1, -0.05) is 48.3 Å². The summed E-state index contributed by atoms with van der Waals surface area (Å²) in [6, 6.07) is 7.70. The van der Waals surface area contributed by atoms with Crippen molar-refractivity contribution in [1.29, 1.82) is 0 Å². The van der Waals surface area contributed by atoms with Gasteiger partial charge in [0.25, 0.3) is 0 Å². The molecule has 1 atom stereocenters. The van der Waals surface area contributed by atoms with E-state index in [1.54, 1.807) is 37.3 Å². The molecule has 0 bridgehead atoms. The van der Waals surface area contributed by atoms with E-state index in [9.17, 15) is 14.4 Å². The smallest absolute Gasteiger partial charge is 0.247 e. The summed E-state index contributed by atoms with van der Waals surface area (Å²) in [7, 11) is 0. The summed E-state index contributed by atoms with van der Waals surface area (Å²) in [5, 5.41) is 9.70. The molecule has 0 unspecified atom stereocenters. The van der Waals surface area contributed by atoms with Crippen LogP contribution in [-0.4, -0.2) is 39.9 Å². The van der Waals surface area contributed by atoms with E-state index < -0.39 is 11.6 Å². The van der Waals surface area contributed by atoms with Gasteiger partial charge in [0.1, 0.15) is 11.8 Å². The van der Waals surface area contributed by atoms with Crippen molar-refractivity contribution in [2.75, 3.05) is 11.9 Å². The van der Waals surface area contributed by atoms with Gasteiger partial charge in [-0.25, -0.2) is 0 Å². The molecule has 33 heavy (non-hydrogen) atoms. The van der Waals surface area contributed by atoms with Crippen LogP contribution in [0.1, 0.15) is 70.7 Å². The largest absolute Gasteiger partial charge is 0.360 e. The number of amides is 3. The van der Waals surface area contributed by atoms with E-state index in [2.05, 4.69) is 15.8 Å². The van der Waals surface area contributed by atoms with Crippen LogP contribution in [0.2, 0.25) is 5.02 Å². The molecule has 0 spiro atoms. The Hall–Kier alpha value is -2.87. The second-order valence-corrected chi connectivity index (χ2v) is 9.38. The molecular formula is C24H33ClN4O4. The Morgan fingerprint density at radius 2 is 1.88 bits per heavy atom. The number of anilines is 1. The van der Waals surface area contributed by atoms with Crippen molar-refractivity contribution in [2.45, 2.75) is 71.9 Å². The van der Waals surface area contributed by atoms with E-state index in [4.69, 9.17) is 16.1 Å². The first-order valence-electron chi connectivity index (χ1n) is 11.1. The first-order valence-corrected chi connectivity index (χ1v) is 11.5. The summed E-state index contributed by atoms with van der Waals surface area (Å²) in [5.74, 6) is -0.113. The molecule has 2 aromatic rings. The SMILES string of the molecule is CCCCN(C(=O)CCC(=O)Nc1cc(C)on1)[C@H](C(=O)NC(C)(C)C)c1ccccc1Cl. The molecule has 1 heterocycles. The van der Waals surface area contributed by atoms with Crippen molar-refractivity contribution in [3.05, 3.63) is 46.7 Å². The molecule has 2 rings (SSSR count). The molecule has 0 radical (unpaired) electrons. The Labute approximate surface area is 200 Å². The number of aryl methyl sites for hydroxylation is 1. The third kappa shape index (κ3) is 8.20. The van der Waals surface area contributed by atoms with Crippen LogP contribution in [0, 0.1) is 6.92 Å². The summed E-state index contributed by atoms with van der Waals surface area (Å²) < 4.78 is 4.93. The third-order valence-corrected chi connectivity index (χ3v) is 5.14. The number of carbonyl (C=O) groups excluding carboxylic acids is 3. The van der Waals surface area contributed by atoms with Crippen molar-refractivity contribution in [1.82, 2.24) is 15.4 Å². The highest BCUT2D eigenvalue weighted by molar-refractivity contribution is 6.31. The topological polar surface area (TPSA) is 105 Å². The molecular weight excluding hydrogens is 444 g/mol. The Morgan fingerprint density at radius 3 is 2.45 bits per heavy atom. The molecule has 0 fully saturated rings. The fourth-order valence-electron chi connectivity index (χ4n) is 3.31. The lowest BCUT2D eigenvalue weighted by molar-refractivity contribution is -0.142. The average molecular weight is 477 g/mol. The average Bonchev–Trinajstić information content (AvgIpc) is 3.13. The number of nitrogens with zero attached hydrogens (tertiary/aromatic N) is 2. The number of nitrogens with one attached hydrogen (secondary N) is 2. The van der Waals surface area contributed by atoms with E-state index in [-0.39, 0.29) is 30.6 Å². The van der Waals surface area contributed by atoms with Crippen LogP contribution in [0.4, 0.5) is 5.82 Å². The maximum absolute atomic E-state index is 13.3. The number of aromatic nitrogens is 1. The first-order chi connectivity index (χ1) is 15.5. The molecule has 180 valence electrons. The number of unbranched alkanes of at least 4 members (excludes halogenated alkanes) is 1. The van der Waals surface area contributed by atoms with E-state index in [0.29, 0.717) is 35.1 Å². The minimum Gasteiger partial charge on any atom is -0.360 e. The molecule has 0 aliphatic carbocycles. The normalized spacial score (nSPS) is 12.2. The lowest BCUT2D eigenvalue weighted by Crippen LogP contribution is -2.49. The van der Waals surface area contributed by atoms with Gasteiger partial charge in [0, 0.05) is 41.6 Å². The zero-order chi connectivity index (χ0) is 24.6. The molecule has 1 aromatic heterocycles. The lowest BCUT2D eigenvalue weighted by atomic mass is 10.0. The van der Waals surface area contributed by atoms with Crippen LogP contribution < -0.4 is 10.6 Å². The summed E-state index contributed by atoms with van der Waals surface area (Å²) in [5.41, 5.74) is 0.0546. The summed E-state index contributed by atoms with van der Waals surface area (Å²) >= 11 is 6.44. The number of rotatable bonds is 10. The maximum Gasteiger partial charge on any atom is 0.247 e. The minimum atomic E-state index is -0.904. The van der Waals surface area contributed by atoms with Crippen LogP contribution in [0.15, 0.2) is 34.9 Å². The number of benzene rings is 1. The standard InChI is InChI=1S/C24H33ClN4O4/c1-6-7-14-29(21(31)13-12-20(30)26-19-15-16(2)33-28-19)22(23(32)27-24(3,4)5)17-10-8-9-11-18(17)25/h8-11,15,22H,6-7,12-14H2,1-5H3,(H,27,32)(H,26,28,30)/t22-/m0/s1. The highest BCUT2D eigenvalue weighted by Crippen LogP contribution is 2.29. The fourth-order valence-corrected chi connectivity index (χ4v) is 3.55. The first kappa shape index (κ1) is 26.4. The molecule has 0 aliphatic rings. The Balaban J connectivity index is 2.25. The second-order valence-electron chi connectivity index (χ2n) is 8.97. The van der Waals surface area contributed by atoms with Gasteiger partial charge in [0.2, 0.25) is 17.7 Å². The van der Waals surface area contributed by atoms with Crippen LogP contribution in [0.5, 0.6) is 0 Å². The van der Waals surface area contributed by atoms with E-state index in [1.807, 2.05) is 27.7 Å². The van der Waals surface area contributed by atoms with Crippen molar-refractivity contribution in [2.24, 2.45) is 0 Å². The van der Waals surface area contributed by atoms with Gasteiger partial charge < -0.3 is 20.1 Å². The molecule has 9 heteroatoms. The molecule has 8 nitrogen and oxygen atoms in total. The van der Waals surface area contributed by atoms with Crippen LogP contribution >= 0.6 is 11.6 Å². The predicted octanol–water partition coefficient (Wildman–Crippen LogP) is 4.64. The quantitative estimate of drug-likeness (QED) is 0.519. The predicted molar refractivity (Wildman–Crippen MR) is 128 cm³/mol. The minimum absolute atomic E-state index is 0.0521. The van der Waals surface area contributed by atoms with Gasteiger partial charge in [-0.05, 0) is 40.2 Å². The number of halogens is 1. The second kappa shape index (κ2) is 11.8. The van der Waals surface area contributed by atoms with Crippen molar-refractivity contribution in [3.63, 3.8) is 0 Å².